The summed E-state index contributed by atoms with van der Waals surface area (Å²) >= 11 is 0. The normalized spacial score (nSPS) is 11.8. The summed E-state index contributed by atoms with van der Waals surface area (Å²) < 4.78 is 99.0. The Bertz CT molecular complexity index is 490. The number of benzene rings is 1. The van der Waals surface area contributed by atoms with Crippen LogP contribution >= 0.6 is 0 Å². The zero-order valence-corrected chi connectivity index (χ0v) is 7.43. The van der Waals surface area contributed by atoms with Gasteiger partial charge in [0.15, 0.2) is 23.3 Å². The van der Waals surface area contributed by atoms with E-state index in [-0.39, 0.29) is 0 Å². The molecule has 0 heterocycles. The third-order valence-corrected chi connectivity index (χ3v) is 1.74. The molecule has 0 atom stereocenters. The molecule has 0 N–H and O–H groups in total. The highest BCUT2D eigenvalue weighted by Gasteiger charge is 2.43. The summed E-state index contributed by atoms with van der Waals surface area (Å²) in [5.41, 5.74) is -5.28. The van der Waals surface area contributed by atoms with Gasteiger partial charge in [0, 0.05) is 0 Å². The second kappa shape index (κ2) is 3.97. The standard InChI is InChI=1S/C8F8O/c9-3-1(7(13)17)4(10)6(12)5(11)2(3)8(14,15)16. The Kier molecular flexibility index (Phi) is 3.13. The van der Waals surface area contributed by atoms with Crippen LogP contribution in [0, 0.1) is 23.3 Å². The second-order valence-electron chi connectivity index (χ2n) is 2.78. The van der Waals surface area contributed by atoms with Crippen molar-refractivity contribution in [3.63, 3.8) is 0 Å². The average molecular weight is 264 g/mol. The van der Waals surface area contributed by atoms with E-state index in [9.17, 15) is 39.9 Å². The lowest BCUT2D eigenvalue weighted by Crippen LogP contribution is -2.18. The van der Waals surface area contributed by atoms with Crippen LogP contribution in [0.2, 0.25) is 0 Å². The van der Waals surface area contributed by atoms with E-state index in [1.807, 2.05) is 0 Å². The van der Waals surface area contributed by atoms with Gasteiger partial charge in [0.2, 0.25) is 0 Å². The second-order valence-corrected chi connectivity index (χ2v) is 2.78. The zero-order chi connectivity index (χ0) is 13.5. The van der Waals surface area contributed by atoms with E-state index in [1.54, 1.807) is 0 Å². The topological polar surface area (TPSA) is 17.1 Å². The molecule has 0 amide bonds. The van der Waals surface area contributed by atoms with Crippen LogP contribution in [-0.4, -0.2) is 6.04 Å². The van der Waals surface area contributed by atoms with Crippen LogP contribution in [0.1, 0.15) is 15.9 Å². The lowest BCUT2D eigenvalue weighted by molar-refractivity contribution is -0.142. The first kappa shape index (κ1) is 13.4. The number of halogens is 8. The Labute approximate surface area is 87.6 Å². The van der Waals surface area contributed by atoms with Crippen LogP contribution in [-0.2, 0) is 6.18 Å². The molecule has 0 spiro atoms. The van der Waals surface area contributed by atoms with E-state index >= 15 is 0 Å². The molecule has 9 heteroatoms. The third kappa shape index (κ3) is 2.08. The summed E-state index contributed by atoms with van der Waals surface area (Å²) in [5, 5.41) is 0. The van der Waals surface area contributed by atoms with E-state index < -0.39 is 46.6 Å². The van der Waals surface area contributed by atoms with Crippen LogP contribution in [0.25, 0.3) is 0 Å². The minimum absolute atomic E-state index is 2.42. The summed E-state index contributed by atoms with van der Waals surface area (Å²) in [6.07, 6.45) is -5.74. The summed E-state index contributed by atoms with van der Waals surface area (Å²) in [7, 11) is 0. The van der Waals surface area contributed by atoms with Gasteiger partial charge in [0.25, 0.3) is 0 Å². The maximum atomic E-state index is 12.9. The van der Waals surface area contributed by atoms with Crippen LogP contribution in [0.15, 0.2) is 0 Å². The van der Waals surface area contributed by atoms with Gasteiger partial charge >= 0.3 is 12.2 Å². The van der Waals surface area contributed by atoms with Gasteiger partial charge in [-0.3, -0.25) is 4.79 Å². The Morgan fingerprint density at radius 1 is 0.824 bits per heavy atom. The minimum atomic E-state index is -5.74. The largest absolute Gasteiger partial charge is 0.422 e. The SMILES string of the molecule is O=C(F)c1c(F)c(F)c(F)c(C(F)(F)F)c1F. The molecule has 0 radical (unpaired) electrons. The fraction of sp³-hybridized carbons (Fsp3) is 0.125. The molecule has 0 saturated heterocycles. The fourth-order valence-corrected chi connectivity index (χ4v) is 1.05. The molecule has 1 nitrogen and oxygen atoms in total. The highest BCUT2D eigenvalue weighted by molar-refractivity contribution is 5.89. The van der Waals surface area contributed by atoms with Crippen LogP contribution < -0.4 is 0 Å². The first-order valence-corrected chi connectivity index (χ1v) is 3.72. The summed E-state index contributed by atoms with van der Waals surface area (Å²) in [6.45, 7) is 0. The van der Waals surface area contributed by atoms with Crippen molar-refractivity contribution in [2.75, 3.05) is 0 Å². The maximum Gasteiger partial charge on any atom is 0.422 e. The van der Waals surface area contributed by atoms with Crippen LogP contribution in [0.4, 0.5) is 35.1 Å². The van der Waals surface area contributed by atoms with Gasteiger partial charge in [-0.05, 0) is 0 Å². The molecule has 0 unspecified atom stereocenters. The van der Waals surface area contributed by atoms with E-state index in [4.69, 9.17) is 0 Å². The molecule has 0 saturated carbocycles. The maximum absolute atomic E-state index is 12.9. The quantitative estimate of drug-likeness (QED) is 0.329. The monoisotopic (exact) mass is 264 g/mol. The highest BCUT2D eigenvalue weighted by Crippen LogP contribution is 2.37. The Hall–Kier alpha value is -1.67. The third-order valence-electron chi connectivity index (χ3n) is 1.74. The Morgan fingerprint density at radius 3 is 1.65 bits per heavy atom. The molecular formula is C8F8O. The number of carbonyl (C=O) groups excluding carboxylic acids is 1. The van der Waals surface area contributed by atoms with Gasteiger partial charge in [0.1, 0.15) is 11.1 Å². The molecule has 94 valence electrons. The van der Waals surface area contributed by atoms with Crippen molar-refractivity contribution in [1.29, 1.82) is 0 Å². The molecule has 1 aromatic rings. The molecule has 0 bridgehead atoms. The molecular weight excluding hydrogens is 264 g/mol. The van der Waals surface area contributed by atoms with Crippen LogP contribution in [0.5, 0.6) is 0 Å². The number of rotatable bonds is 1. The smallest absolute Gasteiger partial charge is 0.255 e. The Morgan fingerprint density at radius 2 is 1.29 bits per heavy atom. The van der Waals surface area contributed by atoms with E-state index in [2.05, 4.69) is 0 Å². The van der Waals surface area contributed by atoms with Crippen molar-refractivity contribution in [3.05, 3.63) is 34.4 Å². The number of alkyl halides is 3. The average Bonchev–Trinajstić information content (AvgIpc) is 2.11. The first-order valence-electron chi connectivity index (χ1n) is 3.72. The van der Waals surface area contributed by atoms with Crippen LogP contribution in [0.3, 0.4) is 0 Å². The molecule has 0 aliphatic rings. The van der Waals surface area contributed by atoms with Gasteiger partial charge in [-0.2, -0.15) is 17.6 Å². The molecule has 1 aromatic carbocycles. The van der Waals surface area contributed by atoms with Gasteiger partial charge in [-0.25, -0.2) is 17.6 Å². The predicted molar refractivity (Wildman–Crippen MR) is 36.7 cm³/mol. The molecule has 17 heavy (non-hydrogen) atoms. The molecule has 1 rings (SSSR count). The predicted octanol–water partition coefficient (Wildman–Crippen LogP) is 3.37. The summed E-state index contributed by atoms with van der Waals surface area (Å²) in [5.74, 6) is -11.1. The van der Waals surface area contributed by atoms with Gasteiger partial charge in [-0.15, -0.1) is 0 Å². The van der Waals surface area contributed by atoms with Crippen molar-refractivity contribution in [3.8, 4) is 0 Å². The molecule has 0 aliphatic heterocycles. The minimum Gasteiger partial charge on any atom is -0.255 e. The Balaban J connectivity index is 3.81. The van der Waals surface area contributed by atoms with E-state index in [0.29, 0.717) is 0 Å². The van der Waals surface area contributed by atoms with Gasteiger partial charge < -0.3 is 0 Å². The van der Waals surface area contributed by atoms with Gasteiger partial charge in [0.05, 0.1) is 0 Å². The highest BCUT2D eigenvalue weighted by atomic mass is 19.4. The molecule has 0 aliphatic carbocycles. The van der Waals surface area contributed by atoms with Crippen molar-refractivity contribution >= 4 is 6.04 Å². The van der Waals surface area contributed by atoms with Crippen molar-refractivity contribution in [2.24, 2.45) is 0 Å². The molecule has 0 aromatic heterocycles. The lowest BCUT2D eigenvalue weighted by atomic mass is 10.1. The number of hydrogen-bond acceptors (Lipinski definition) is 1. The molecule has 0 fully saturated rings. The summed E-state index contributed by atoms with van der Waals surface area (Å²) in [4.78, 5) is 10.0. The van der Waals surface area contributed by atoms with Crippen molar-refractivity contribution < 1.29 is 39.9 Å². The lowest BCUT2D eigenvalue weighted by Gasteiger charge is -2.12. The van der Waals surface area contributed by atoms with Crippen molar-refractivity contribution in [1.82, 2.24) is 0 Å². The van der Waals surface area contributed by atoms with E-state index in [1.165, 1.54) is 0 Å². The fourth-order valence-electron chi connectivity index (χ4n) is 1.05. The summed E-state index contributed by atoms with van der Waals surface area (Å²) in [6, 6.07) is -2.98. The first-order chi connectivity index (χ1) is 7.59. The van der Waals surface area contributed by atoms with Crippen molar-refractivity contribution in [2.45, 2.75) is 6.18 Å². The zero-order valence-electron chi connectivity index (χ0n) is 7.43. The van der Waals surface area contributed by atoms with E-state index in [0.717, 1.165) is 0 Å². The number of carbonyl (C=O) groups is 1. The number of hydrogen-bond donors (Lipinski definition) is 0. The van der Waals surface area contributed by atoms with Gasteiger partial charge in [-0.1, -0.05) is 0 Å².